The molecular weight excluding hydrogens is 381 g/mol. The van der Waals surface area contributed by atoms with Crippen molar-refractivity contribution in [2.45, 2.75) is 17.7 Å². The molecule has 132 valence electrons. The van der Waals surface area contributed by atoms with Gasteiger partial charge in [0, 0.05) is 27.0 Å². The molecule has 0 bridgehead atoms. The van der Waals surface area contributed by atoms with Crippen LogP contribution in [0.15, 0.2) is 53.4 Å². The lowest BCUT2D eigenvalue weighted by molar-refractivity contribution is -0.147. The minimum absolute atomic E-state index is 0.273. The minimum atomic E-state index is -0.386. The monoisotopic (exact) mass is 397 g/mol. The van der Waals surface area contributed by atoms with Gasteiger partial charge in [-0.1, -0.05) is 23.2 Å². The van der Waals surface area contributed by atoms with Crippen LogP contribution in [-0.2, 0) is 14.3 Å². The summed E-state index contributed by atoms with van der Waals surface area (Å²) in [6.07, 6.45) is 0.944. The van der Waals surface area contributed by atoms with Gasteiger partial charge in [0.2, 0.25) is 0 Å². The van der Waals surface area contributed by atoms with E-state index >= 15 is 0 Å². The first-order chi connectivity index (χ1) is 12.0. The van der Waals surface area contributed by atoms with Crippen molar-refractivity contribution in [1.29, 1.82) is 0 Å². The van der Waals surface area contributed by atoms with Gasteiger partial charge in [-0.15, -0.1) is 11.8 Å². The Morgan fingerprint density at radius 1 is 0.960 bits per heavy atom. The molecule has 0 aliphatic heterocycles. The van der Waals surface area contributed by atoms with Crippen LogP contribution < -0.4 is 5.32 Å². The summed E-state index contributed by atoms with van der Waals surface area (Å²) in [4.78, 5) is 24.5. The molecule has 1 amide bonds. The molecule has 7 heteroatoms. The molecule has 1 N–H and O–H groups in total. The molecule has 0 aliphatic rings. The maximum atomic E-state index is 11.7. The number of halogens is 2. The highest BCUT2D eigenvalue weighted by Crippen LogP contribution is 2.21. The molecular formula is C18H17Cl2NO3S. The lowest BCUT2D eigenvalue weighted by Gasteiger charge is -2.07. The van der Waals surface area contributed by atoms with Crippen LogP contribution in [0, 0.1) is 0 Å². The first kappa shape index (κ1) is 19.6. The number of ether oxygens (including phenoxy) is 1. The van der Waals surface area contributed by atoms with Crippen molar-refractivity contribution in [3.05, 3.63) is 58.6 Å². The van der Waals surface area contributed by atoms with Gasteiger partial charge in [-0.05, 0) is 60.7 Å². The predicted molar refractivity (Wildman–Crippen MR) is 102 cm³/mol. The van der Waals surface area contributed by atoms with Crippen LogP contribution >= 0.6 is 35.0 Å². The van der Waals surface area contributed by atoms with E-state index in [2.05, 4.69) is 5.32 Å². The van der Waals surface area contributed by atoms with E-state index in [1.165, 1.54) is 0 Å². The van der Waals surface area contributed by atoms with Crippen LogP contribution in [0.4, 0.5) is 5.69 Å². The Kier molecular flexibility index (Phi) is 8.12. The van der Waals surface area contributed by atoms with Gasteiger partial charge >= 0.3 is 5.97 Å². The van der Waals surface area contributed by atoms with Crippen LogP contribution in [0.3, 0.4) is 0 Å². The molecule has 0 unspecified atom stereocenters. The molecule has 0 aliphatic carbocycles. The van der Waals surface area contributed by atoms with Crippen LogP contribution in [0.25, 0.3) is 0 Å². The zero-order valence-electron chi connectivity index (χ0n) is 13.3. The quantitative estimate of drug-likeness (QED) is 0.384. The fourth-order valence-corrected chi connectivity index (χ4v) is 2.99. The summed E-state index contributed by atoms with van der Waals surface area (Å²) < 4.78 is 4.96. The number of thioether (sulfide) groups is 1. The first-order valence-corrected chi connectivity index (χ1v) is 9.36. The maximum Gasteiger partial charge on any atom is 0.306 e. The van der Waals surface area contributed by atoms with E-state index < -0.39 is 0 Å². The molecule has 0 fully saturated rings. The van der Waals surface area contributed by atoms with Crippen molar-refractivity contribution in [3.63, 3.8) is 0 Å². The van der Waals surface area contributed by atoms with Crippen LogP contribution in [0.5, 0.6) is 0 Å². The fraction of sp³-hybridized carbons (Fsp3) is 0.222. The predicted octanol–water partition coefficient (Wildman–Crippen LogP) is 5.05. The summed E-state index contributed by atoms with van der Waals surface area (Å²) in [5, 5.41) is 3.91. The van der Waals surface area contributed by atoms with E-state index in [0.717, 1.165) is 10.6 Å². The number of hydrogen-bond acceptors (Lipinski definition) is 4. The summed E-state index contributed by atoms with van der Waals surface area (Å²) in [5.74, 6) is 0.0161. The molecule has 0 spiro atoms. The van der Waals surface area contributed by atoms with Gasteiger partial charge in [-0.25, -0.2) is 0 Å². The van der Waals surface area contributed by atoms with E-state index in [1.54, 1.807) is 36.0 Å². The van der Waals surface area contributed by atoms with E-state index in [4.69, 9.17) is 27.9 Å². The minimum Gasteiger partial charge on any atom is -0.456 e. The maximum absolute atomic E-state index is 11.7. The van der Waals surface area contributed by atoms with Gasteiger partial charge in [0.05, 0.1) is 0 Å². The summed E-state index contributed by atoms with van der Waals surface area (Å²) in [6.45, 7) is -0.300. The van der Waals surface area contributed by atoms with Crippen molar-refractivity contribution in [2.24, 2.45) is 0 Å². The standard InChI is InChI=1S/C18H17Cl2NO3S/c19-13-3-7-15(8-4-13)21-17(22)12-24-18(23)2-1-11-25-16-9-5-14(20)6-10-16/h3-10H,1-2,11-12H2,(H,21,22). The Bertz CT molecular complexity index is 705. The van der Waals surface area contributed by atoms with Gasteiger partial charge in [-0.2, -0.15) is 0 Å². The highest BCUT2D eigenvalue weighted by atomic mass is 35.5. The number of benzene rings is 2. The van der Waals surface area contributed by atoms with E-state index in [1.807, 2.05) is 24.3 Å². The van der Waals surface area contributed by atoms with E-state index in [0.29, 0.717) is 22.2 Å². The normalized spacial score (nSPS) is 10.3. The molecule has 2 rings (SSSR count). The zero-order chi connectivity index (χ0) is 18.1. The second kappa shape index (κ2) is 10.3. The molecule has 0 heterocycles. The van der Waals surface area contributed by atoms with Gasteiger partial charge in [-0.3, -0.25) is 9.59 Å². The molecule has 0 atom stereocenters. The van der Waals surface area contributed by atoms with Crippen LogP contribution in [0.1, 0.15) is 12.8 Å². The van der Waals surface area contributed by atoms with Crippen molar-refractivity contribution < 1.29 is 14.3 Å². The van der Waals surface area contributed by atoms with Crippen molar-refractivity contribution in [1.82, 2.24) is 0 Å². The third kappa shape index (κ3) is 7.82. The largest absolute Gasteiger partial charge is 0.456 e. The second-order valence-electron chi connectivity index (χ2n) is 5.12. The lowest BCUT2D eigenvalue weighted by Crippen LogP contribution is -2.20. The SMILES string of the molecule is O=C(COC(=O)CCCSc1ccc(Cl)cc1)Nc1ccc(Cl)cc1. The number of anilines is 1. The Hall–Kier alpha value is -1.69. The summed E-state index contributed by atoms with van der Waals surface area (Å²) in [6, 6.07) is 14.2. The number of rotatable bonds is 8. The Morgan fingerprint density at radius 3 is 2.20 bits per heavy atom. The molecule has 0 aromatic heterocycles. The Morgan fingerprint density at radius 2 is 1.56 bits per heavy atom. The molecule has 0 radical (unpaired) electrons. The summed E-state index contributed by atoms with van der Waals surface area (Å²) in [7, 11) is 0. The van der Waals surface area contributed by atoms with Crippen LogP contribution in [-0.4, -0.2) is 24.2 Å². The average Bonchev–Trinajstić information content (AvgIpc) is 2.60. The number of carbonyl (C=O) groups is 2. The second-order valence-corrected chi connectivity index (χ2v) is 7.16. The summed E-state index contributed by atoms with van der Waals surface area (Å²) >= 11 is 13.2. The number of amides is 1. The molecule has 2 aromatic rings. The molecule has 0 saturated carbocycles. The smallest absolute Gasteiger partial charge is 0.306 e. The highest BCUT2D eigenvalue weighted by molar-refractivity contribution is 7.99. The van der Waals surface area contributed by atoms with Crippen LogP contribution in [0.2, 0.25) is 10.0 Å². The topological polar surface area (TPSA) is 55.4 Å². The number of nitrogens with one attached hydrogen (secondary N) is 1. The van der Waals surface area contributed by atoms with Gasteiger partial charge in [0.25, 0.3) is 5.91 Å². The summed E-state index contributed by atoms with van der Waals surface area (Å²) in [5.41, 5.74) is 0.602. The number of esters is 1. The molecule has 2 aromatic carbocycles. The Labute approximate surface area is 160 Å². The Balaban J connectivity index is 1.59. The highest BCUT2D eigenvalue weighted by Gasteiger charge is 2.08. The number of carbonyl (C=O) groups excluding carboxylic acids is 2. The molecule has 0 saturated heterocycles. The van der Waals surface area contributed by atoms with Crippen molar-refractivity contribution in [2.75, 3.05) is 17.7 Å². The van der Waals surface area contributed by atoms with E-state index in [9.17, 15) is 9.59 Å². The molecule has 4 nitrogen and oxygen atoms in total. The first-order valence-electron chi connectivity index (χ1n) is 7.62. The number of hydrogen-bond donors (Lipinski definition) is 1. The average molecular weight is 398 g/mol. The van der Waals surface area contributed by atoms with E-state index in [-0.39, 0.29) is 24.9 Å². The zero-order valence-corrected chi connectivity index (χ0v) is 15.7. The van der Waals surface area contributed by atoms with Crippen molar-refractivity contribution in [3.8, 4) is 0 Å². The fourth-order valence-electron chi connectivity index (χ4n) is 1.89. The third-order valence-electron chi connectivity index (χ3n) is 3.10. The van der Waals surface area contributed by atoms with Gasteiger partial charge in [0.15, 0.2) is 6.61 Å². The van der Waals surface area contributed by atoms with Gasteiger partial charge < -0.3 is 10.1 Å². The van der Waals surface area contributed by atoms with Crippen molar-refractivity contribution >= 4 is 52.5 Å². The third-order valence-corrected chi connectivity index (χ3v) is 4.70. The lowest BCUT2D eigenvalue weighted by atomic mass is 10.3. The van der Waals surface area contributed by atoms with Gasteiger partial charge in [0.1, 0.15) is 0 Å². The molecule has 25 heavy (non-hydrogen) atoms.